The molecule has 2 aromatic carbocycles. The Morgan fingerprint density at radius 3 is 2.52 bits per heavy atom. The number of sulfonamides is 1. The molecule has 0 radical (unpaired) electrons. The lowest BCUT2D eigenvalue weighted by Gasteiger charge is -2.23. The number of anilines is 2. The minimum Gasteiger partial charge on any atom is -0.465 e. The Bertz CT molecular complexity index is 1020. The van der Waals surface area contributed by atoms with Crippen molar-refractivity contribution >= 4 is 33.3 Å². The zero-order valence-corrected chi connectivity index (χ0v) is 16.1. The number of nitrogens with zero attached hydrogens (tertiary/aromatic N) is 2. The summed E-state index contributed by atoms with van der Waals surface area (Å²) in [5, 5.41) is 0. The first-order valence-electron chi connectivity index (χ1n) is 8.34. The van der Waals surface area contributed by atoms with Crippen molar-refractivity contribution in [3.8, 4) is 0 Å². The fourth-order valence-electron chi connectivity index (χ4n) is 3.15. The Kier molecular flexibility index (Phi) is 4.93. The summed E-state index contributed by atoms with van der Waals surface area (Å²) in [4.78, 5) is 25.3. The van der Waals surface area contributed by atoms with Gasteiger partial charge < -0.3 is 9.64 Å². The highest BCUT2D eigenvalue weighted by atomic mass is 32.2. The van der Waals surface area contributed by atoms with Gasteiger partial charge >= 0.3 is 5.97 Å². The minimum absolute atomic E-state index is 0.0293. The first-order valence-corrected chi connectivity index (χ1v) is 9.78. The zero-order chi connectivity index (χ0) is 19.8. The van der Waals surface area contributed by atoms with E-state index in [4.69, 9.17) is 4.74 Å². The maximum absolute atomic E-state index is 13.1. The summed E-state index contributed by atoms with van der Waals surface area (Å²) in [7, 11) is -1.39. The number of rotatable bonds is 4. The molecule has 0 atom stereocenters. The molecule has 0 saturated carbocycles. The van der Waals surface area contributed by atoms with E-state index < -0.39 is 16.0 Å². The van der Waals surface area contributed by atoms with Crippen molar-refractivity contribution in [2.45, 2.75) is 18.2 Å². The van der Waals surface area contributed by atoms with E-state index in [9.17, 15) is 18.0 Å². The molecule has 1 amide bonds. The topological polar surface area (TPSA) is 84.0 Å². The minimum atomic E-state index is -4.00. The van der Waals surface area contributed by atoms with Gasteiger partial charge in [0.2, 0.25) is 5.91 Å². The van der Waals surface area contributed by atoms with Gasteiger partial charge in [0.25, 0.3) is 10.0 Å². The van der Waals surface area contributed by atoms with Gasteiger partial charge in [0.05, 0.1) is 18.4 Å². The second kappa shape index (κ2) is 7.03. The number of hydrogen-bond donors (Lipinski definition) is 0. The molecule has 1 aliphatic heterocycles. The molecular formula is C19H20N2O5S. The summed E-state index contributed by atoms with van der Waals surface area (Å²) in [5.41, 5.74) is 2.08. The van der Waals surface area contributed by atoms with Crippen LogP contribution < -0.4 is 9.21 Å². The summed E-state index contributed by atoms with van der Waals surface area (Å²) >= 11 is 0. The lowest BCUT2D eigenvalue weighted by atomic mass is 10.1. The third kappa shape index (κ3) is 3.28. The number of carbonyl (C=O) groups excluding carboxylic acids is 2. The van der Waals surface area contributed by atoms with Crippen LogP contribution in [-0.4, -0.2) is 41.0 Å². The van der Waals surface area contributed by atoms with Crippen LogP contribution in [0.4, 0.5) is 11.4 Å². The molecular weight excluding hydrogens is 368 g/mol. The van der Waals surface area contributed by atoms with E-state index in [1.807, 2.05) is 6.07 Å². The Balaban J connectivity index is 2.04. The molecule has 0 unspecified atom stereocenters. The van der Waals surface area contributed by atoms with Crippen LogP contribution in [0.2, 0.25) is 0 Å². The van der Waals surface area contributed by atoms with E-state index in [1.54, 1.807) is 29.2 Å². The van der Waals surface area contributed by atoms with Crippen LogP contribution in [0.3, 0.4) is 0 Å². The lowest BCUT2D eigenvalue weighted by Crippen LogP contribution is -2.29. The van der Waals surface area contributed by atoms with Crippen LogP contribution in [0.15, 0.2) is 47.4 Å². The molecule has 0 spiro atoms. The van der Waals surface area contributed by atoms with E-state index in [0.29, 0.717) is 17.9 Å². The van der Waals surface area contributed by atoms with Crippen LogP contribution >= 0.6 is 0 Å². The molecule has 8 heteroatoms. The molecule has 2 aromatic rings. The van der Waals surface area contributed by atoms with Crippen molar-refractivity contribution in [1.29, 1.82) is 0 Å². The van der Waals surface area contributed by atoms with Gasteiger partial charge in [0.15, 0.2) is 0 Å². The monoisotopic (exact) mass is 388 g/mol. The summed E-state index contributed by atoms with van der Waals surface area (Å²) in [6.07, 6.45) is 0.733. The standard InChI is InChI=1S/C19H20N2O5S/c1-13(22)21-11-10-14-8-9-15(12-17(14)21)20(2)27(24,25)18-7-5-4-6-16(18)19(23)26-3/h4-9,12H,10-11H2,1-3H3. The Morgan fingerprint density at radius 2 is 1.85 bits per heavy atom. The molecule has 142 valence electrons. The maximum Gasteiger partial charge on any atom is 0.339 e. The second-order valence-electron chi connectivity index (χ2n) is 6.19. The van der Waals surface area contributed by atoms with Gasteiger partial charge in [-0.15, -0.1) is 0 Å². The number of amides is 1. The molecule has 27 heavy (non-hydrogen) atoms. The lowest BCUT2D eigenvalue weighted by molar-refractivity contribution is -0.116. The predicted molar refractivity (Wildman–Crippen MR) is 102 cm³/mol. The quantitative estimate of drug-likeness (QED) is 0.750. The van der Waals surface area contributed by atoms with Gasteiger partial charge in [0, 0.05) is 26.2 Å². The molecule has 0 aromatic heterocycles. The smallest absolute Gasteiger partial charge is 0.339 e. The number of methoxy groups -OCH3 is 1. The Morgan fingerprint density at radius 1 is 1.15 bits per heavy atom. The molecule has 3 rings (SSSR count). The van der Waals surface area contributed by atoms with Crippen LogP contribution in [0, 0.1) is 0 Å². The van der Waals surface area contributed by atoms with Gasteiger partial charge in [0.1, 0.15) is 4.90 Å². The Labute approximate surface area is 158 Å². The van der Waals surface area contributed by atoms with Gasteiger partial charge in [-0.05, 0) is 36.2 Å². The average molecular weight is 388 g/mol. The highest BCUT2D eigenvalue weighted by Gasteiger charge is 2.29. The summed E-state index contributed by atoms with van der Waals surface area (Å²) in [6, 6.07) is 11.1. The summed E-state index contributed by atoms with van der Waals surface area (Å²) in [6.45, 7) is 2.06. The number of carbonyl (C=O) groups is 2. The molecule has 0 saturated heterocycles. The zero-order valence-electron chi connectivity index (χ0n) is 15.3. The molecule has 0 aliphatic carbocycles. The fourth-order valence-corrected chi connectivity index (χ4v) is 4.51. The van der Waals surface area contributed by atoms with Gasteiger partial charge in [-0.2, -0.15) is 0 Å². The van der Waals surface area contributed by atoms with E-state index in [0.717, 1.165) is 16.3 Å². The van der Waals surface area contributed by atoms with E-state index >= 15 is 0 Å². The number of benzene rings is 2. The fraction of sp³-hybridized carbons (Fsp3) is 0.263. The number of hydrogen-bond acceptors (Lipinski definition) is 5. The molecule has 7 nitrogen and oxygen atoms in total. The van der Waals surface area contributed by atoms with Crippen LogP contribution in [0.5, 0.6) is 0 Å². The highest BCUT2D eigenvalue weighted by molar-refractivity contribution is 7.92. The number of ether oxygens (including phenoxy) is 1. The molecule has 1 aliphatic rings. The van der Waals surface area contributed by atoms with Crippen molar-refractivity contribution in [2.75, 3.05) is 29.9 Å². The third-order valence-electron chi connectivity index (χ3n) is 4.64. The molecule has 1 heterocycles. The van der Waals surface area contributed by atoms with Crippen molar-refractivity contribution in [2.24, 2.45) is 0 Å². The highest BCUT2D eigenvalue weighted by Crippen LogP contribution is 2.34. The first kappa shape index (κ1) is 18.9. The van der Waals surface area contributed by atoms with Crippen molar-refractivity contribution in [1.82, 2.24) is 0 Å². The molecule has 0 fully saturated rings. The van der Waals surface area contributed by atoms with E-state index in [2.05, 4.69) is 0 Å². The number of esters is 1. The summed E-state index contributed by atoms with van der Waals surface area (Å²) in [5.74, 6) is -0.813. The van der Waals surface area contributed by atoms with Crippen LogP contribution in [0.1, 0.15) is 22.8 Å². The number of fused-ring (bicyclic) bond motifs is 1. The van der Waals surface area contributed by atoms with Crippen molar-refractivity contribution < 1.29 is 22.7 Å². The normalized spacial score (nSPS) is 13.2. The van der Waals surface area contributed by atoms with Crippen LogP contribution in [0.25, 0.3) is 0 Å². The predicted octanol–water partition coefficient (Wildman–Crippen LogP) is 2.21. The van der Waals surface area contributed by atoms with Crippen molar-refractivity contribution in [3.63, 3.8) is 0 Å². The van der Waals surface area contributed by atoms with Crippen LogP contribution in [-0.2, 0) is 26.0 Å². The second-order valence-corrected chi connectivity index (χ2v) is 8.13. The van der Waals surface area contributed by atoms with Crippen molar-refractivity contribution in [3.05, 3.63) is 53.6 Å². The van der Waals surface area contributed by atoms with E-state index in [1.165, 1.54) is 33.2 Å². The largest absolute Gasteiger partial charge is 0.465 e. The molecule has 0 bridgehead atoms. The van der Waals surface area contributed by atoms with Gasteiger partial charge in [-0.3, -0.25) is 9.10 Å². The average Bonchev–Trinajstić information content (AvgIpc) is 3.10. The van der Waals surface area contributed by atoms with Gasteiger partial charge in [-0.25, -0.2) is 13.2 Å². The van der Waals surface area contributed by atoms with E-state index in [-0.39, 0.29) is 16.4 Å². The third-order valence-corrected chi connectivity index (χ3v) is 6.48. The first-order chi connectivity index (χ1) is 12.8. The maximum atomic E-state index is 13.1. The molecule has 0 N–H and O–H groups in total. The summed E-state index contributed by atoms with van der Waals surface area (Å²) < 4.78 is 32.0. The van der Waals surface area contributed by atoms with Gasteiger partial charge in [-0.1, -0.05) is 18.2 Å². The Hall–Kier alpha value is -2.87. The SMILES string of the molecule is COC(=O)c1ccccc1S(=O)(=O)N(C)c1ccc2c(c1)N(C(C)=O)CC2.